The van der Waals surface area contributed by atoms with Crippen molar-refractivity contribution in [2.75, 3.05) is 19.6 Å². The molecule has 0 aliphatic carbocycles. The molecule has 0 aliphatic heterocycles. The number of nitrogens with zero attached hydrogens (tertiary/aromatic N) is 1. The molecule has 62 heavy (non-hydrogen) atoms. The Morgan fingerprint density at radius 3 is 1.50 bits per heavy atom. The van der Waals surface area contributed by atoms with Crippen molar-refractivity contribution in [3.63, 3.8) is 0 Å². The van der Waals surface area contributed by atoms with Crippen LogP contribution in [0.15, 0.2) is 59.6 Å². The number of rotatable bonds is 42. The van der Waals surface area contributed by atoms with Crippen molar-refractivity contribution < 1.29 is 19.2 Å². The summed E-state index contributed by atoms with van der Waals surface area (Å²) in [4.78, 5) is 55.8. The van der Waals surface area contributed by atoms with Crippen LogP contribution in [0.25, 0.3) is 0 Å². The van der Waals surface area contributed by atoms with Gasteiger partial charge in [0.15, 0.2) is 0 Å². The zero-order chi connectivity index (χ0) is 45.0. The predicted molar refractivity (Wildman–Crippen MR) is 263 cm³/mol. The lowest BCUT2D eigenvalue weighted by Crippen LogP contribution is -2.53. The quantitative estimate of drug-likeness (QED) is 0.0296. The van der Waals surface area contributed by atoms with Crippen LogP contribution in [-0.4, -0.2) is 61.6 Å². The predicted octanol–water partition coefficient (Wildman–Crippen LogP) is 12.0. The average Bonchev–Trinajstić information content (AvgIpc) is 3.27. The third kappa shape index (κ3) is 35.8. The fraction of sp³-hybridized carbons (Fsp3) is 0.717. The molecule has 0 aromatic heterocycles. The van der Waals surface area contributed by atoms with Crippen LogP contribution < -0.4 is 21.3 Å². The Labute approximate surface area is 379 Å². The van der Waals surface area contributed by atoms with E-state index in [2.05, 4.69) is 64.4 Å². The van der Waals surface area contributed by atoms with Crippen molar-refractivity contribution in [2.24, 2.45) is 4.99 Å². The lowest BCUT2D eigenvalue weighted by atomic mass is 10.1. The van der Waals surface area contributed by atoms with E-state index in [1.165, 1.54) is 109 Å². The second-order valence-corrected chi connectivity index (χ2v) is 17.2. The van der Waals surface area contributed by atoms with Crippen LogP contribution in [0.5, 0.6) is 0 Å². The molecule has 4 amide bonds. The number of unbranched alkanes of at least 4 members (excludes halogenated alkanes) is 22. The molecule has 0 saturated heterocycles. The Hall–Kier alpha value is -3.75. The van der Waals surface area contributed by atoms with Gasteiger partial charge in [-0.1, -0.05) is 178 Å². The van der Waals surface area contributed by atoms with Crippen LogP contribution in [0.1, 0.15) is 213 Å². The summed E-state index contributed by atoms with van der Waals surface area (Å²) in [7, 11) is 0. The van der Waals surface area contributed by atoms with Crippen molar-refractivity contribution in [3.05, 3.63) is 60.2 Å². The van der Waals surface area contributed by atoms with Crippen LogP contribution >= 0.6 is 0 Å². The first kappa shape index (κ1) is 56.3. The highest BCUT2D eigenvalue weighted by molar-refractivity contribution is 5.88. The number of hydrogen-bond acceptors (Lipinski definition) is 5. The highest BCUT2D eigenvalue weighted by atomic mass is 16.2. The summed E-state index contributed by atoms with van der Waals surface area (Å²) in [6.07, 6.45) is 43.9. The van der Waals surface area contributed by atoms with Gasteiger partial charge in [-0.05, 0) is 76.2 Å². The van der Waals surface area contributed by atoms with Crippen molar-refractivity contribution in [3.8, 4) is 0 Å². The van der Waals surface area contributed by atoms with Crippen molar-refractivity contribution in [1.29, 1.82) is 0 Å². The molecule has 0 saturated carbocycles. The van der Waals surface area contributed by atoms with E-state index in [0.29, 0.717) is 32.2 Å². The number of aliphatic imine (C=N–C) groups is 1. The van der Waals surface area contributed by atoms with Crippen LogP contribution in [0.3, 0.4) is 0 Å². The van der Waals surface area contributed by atoms with E-state index in [1.807, 2.05) is 37.3 Å². The highest BCUT2D eigenvalue weighted by Gasteiger charge is 2.21. The molecule has 2 atom stereocenters. The second-order valence-electron chi connectivity index (χ2n) is 17.2. The molecule has 1 aromatic carbocycles. The van der Waals surface area contributed by atoms with Gasteiger partial charge in [-0.25, -0.2) is 0 Å². The van der Waals surface area contributed by atoms with E-state index >= 15 is 0 Å². The second kappa shape index (κ2) is 42.5. The van der Waals surface area contributed by atoms with Gasteiger partial charge in [-0.3, -0.25) is 24.2 Å². The maximum Gasteiger partial charge on any atom is 0.244 e. The summed E-state index contributed by atoms with van der Waals surface area (Å²) in [5.41, 5.74) is 1.09. The van der Waals surface area contributed by atoms with Gasteiger partial charge in [0.2, 0.25) is 23.6 Å². The molecule has 0 aliphatic rings. The molecule has 9 heteroatoms. The van der Waals surface area contributed by atoms with E-state index in [0.717, 1.165) is 63.4 Å². The maximum atomic E-state index is 13.3. The highest BCUT2D eigenvalue weighted by Crippen LogP contribution is 2.12. The fourth-order valence-electron chi connectivity index (χ4n) is 7.38. The van der Waals surface area contributed by atoms with Crippen molar-refractivity contribution >= 4 is 29.8 Å². The van der Waals surface area contributed by atoms with Gasteiger partial charge in [0.1, 0.15) is 6.04 Å². The summed E-state index contributed by atoms with van der Waals surface area (Å²) < 4.78 is 0. The SMILES string of the molecule is CCCCCCCC/C=C\CCCCCCCC(=O)NCC(NC(=O)CCCCCCC/C=C\CCCCCCCC)C(=O)NCCN=CC(Cc1ccccc1)NC(=O)CC. The molecular formula is C53H91N5O4. The third-order valence-corrected chi connectivity index (χ3v) is 11.3. The van der Waals surface area contributed by atoms with Gasteiger partial charge < -0.3 is 21.3 Å². The fourth-order valence-corrected chi connectivity index (χ4v) is 7.38. The number of carbonyl (C=O) groups is 4. The molecule has 0 bridgehead atoms. The van der Waals surface area contributed by atoms with E-state index in [-0.39, 0.29) is 42.8 Å². The number of allylic oxidation sites excluding steroid dienone is 4. The van der Waals surface area contributed by atoms with Gasteiger partial charge in [0, 0.05) is 38.6 Å². The Bertz CT molecular complexity index is 1330. The lowest BCUT2D eigenvalue weighted by Gasteiger charge is -2.19. The normalized spacial score (nSPS) is 12.6. The molecule has 0 radical (unpaired) electrons. The average molecular weight is 862 g/mol. The molecule has 1 rings (SSSR count). The topological polar surface area (TPSA) is 129 Å². The molecule has 1 aromatic rings. The van der Waals surface area contributed by atoms with Gasteiger partial charge in [0.05, 0.1) is 12.6 Å². The number of carbonyl (C=O) groups excluding carboxylic acids is 4. The van der Waals surface area contributed by atoms with Crippen molar-refractivity contribution in [1.82, 2.24) is 21.3 Å². The van der Waals surface area contributed by atoms with Crippen LogP contribution in [-0.2, 0) is 25.6 Å². The molecule has 0 heterocycles. The zero-order valence-corrected chi connectivity index (χ0v) is 39.8. The minimum atomic E-state index is -0.873. The molecule has 352 valence electrons. The molecule has 0 spiro atoms. The number of amides is 4. The number of nitrogens with one attached hydrogen (secondary N) is 4. The first-order chi connectivity index (χ1) is 30.4. The molecule has 9 nitrogen and oxygen atoms in total. The molecular weight excluding hydrogens is 771 g/mol. The third-order valence-electron chi connectivity index (χ3n) is 11.3. The standard InChI is InChI=1S/C53H91N5O4/c1-4-7-9-11-13-15-17-19-21-23-25-27-29-31-36-40-51(60)56-46-49(58-52(61)41-37-32-30-28-26-24-22-20-18-16-14-12-10-8-5-2)53(62)55-43-42-54-45-48(57-50(59)6-3)44-47-38-34-33-35-39-47/h19-22,33-35,38-39,45,48-49H,4-18,23-32,36-37,40-44,46H2,1-3H3,(H,55,62)(H,56,60)(H,57,59)(H,58,61)/b21-19-,22-20-,54-45?. The Morgan fingerprint density at radius 2 is 1.00 bits per heavy atom. The lowest BCUT2D eigenvalue weighted by molar-refractivity contribution is -0.129. The van der Waals surface area contributed by atoms with E-state index < -0.39 is 6.04 Å². The largest absolute Gasteiger partial charge is 0.353 e. The molecule has 4 N–H and O–H groups in total. The Morgan fingerprint density at radius 1 is 0.532 bits per heavy atom. The summed E-state index contributed by atoms with van der Waals surface area (Å²) >= 11 is 0. The first-order valence-corrected chi connectivity index (χ1v) is 25.4. The Kier molecular flexibility index (Phi) is 38.6. The summed E-state index contributed by atoms with van der Waals surface area (Å²) in [5.74, 6) is -0.678. The van der Waals surface area contributed by atoms with E-state index in [4.69, 9.17) is 0 Å². The minimum Gasteiger partial charge on any atom is -0.353 e. The summed E-state index contributed by atoms with van der Waals surface area (Å²) in [6.45, 7) is 6.95. The first-order valence-electron chi connectivity index (χ1n) is 25.4. The van der Waals surface area contributed by atoms with Crippen LogP contribution in [0, 0.1) is 0 Å². The van der Waals surface area contributed by atoms with Crippen LogP contribution in [0.4, 0.5) is 0 Å². The Balaban J connectivity index is 2.49. The van der Waals surface area contributed by atoms with E-state index in [9.17, 15) is 19.2 Å². The summed E-state index contributed by atoms with van der Waals surface area (Å²) in [6, 6.07) is 8.79. The van der Waals surface area contributed by atoms with E-state index in [1.54, 1.807) is 6.21 Å². The number of benzene rings is 1. The number of hydrogen-bond donors (Lipinski definition) is 4. The van der Waals surface area contributed by atoms with Gasteiger partial charge in [-0.2, -0.15) is 0 Å². The van der Waals surface area contributed by atoms with Gasteiger partial charge >= 0.3 is 0 Å². The minimum absolute atomic E-state index is 0.0410. The maximum absolute atomic E-state index is 13.3. The van der Waals surface area contributed by atoms with Crippen LogP contribution in [0.2, 0.25) is 0 Å². The molecule has 0 fully saturated rings. The smallest absolute Gasteiger partial charge is 0.244 e. The summed E-state index contributed by atoms with van der Waals surface area (Å²) in [5, 5.41) is 11.7. The monoisotopic (exact) mass is 862 g/mol. The van der Waals surface area contributed by atoms with Gasteiger partial charge in [0.25, 0.3) is 0 Å². The molecule has 2 unspecified atom stereocenters. The zero-order valence-electron chi connectivity index (χ0n) is 39.8. The van der Waals surface area contributed by atoms with Gasteiger partial charge in [-0.15, -0.1) is 0 Å². The van der Waals surface area contributed by atoms with Crippen molar-refractivity contribution in [2.45, 2.75) is 225 Å².